The van der Waals surface area contributed by atoms with Crippen molar-refractivity contribution >= 4 is 41.8 Å². The molecule has 1 heterocycles. The highest BCUT2D eigenvalue weighted by atomic mass is 127. The van der Waals surface area contributed by atoms with Crippen LogP contribution in [0.4, 0.5) is 0 Å². The number of likely N-dealkylation sites (tertiary alicyclic amines) is 1. The van der Waals surface area contributed by atoms with E-state index >= 15 is 0 Å². The van der Waals surface area contributed by atoms with E-state index in [1.807, 2.05) is 38.4 Å². The van der Waals surface area contributed by atoms with Crippen LogP contribution in [-0.2, 0) is 11.2 Å². The number of rotatable bonds is 9. The number of hydrogen-bond acceptors (Lipinski definition) is 4. The van der Waals surface area contributed by atoms with Gasteiger partial charge in [0.05, 0.1) is 6.04 Å². The number of hydrogen-bond donors (Lipinski definition) is 3. The highest BCUT2D eigenvalue weighted by Gasteiger charge is 2.30. The van der Waals surface area contributed by atoms with E-state index < -0.39 is 0 Å². The predicted molar refractivity (Wildman–Crippen MR) is 136 cm³/mol. The molecule has 0 radical (unpaired) electrons. The lowest BCUT2D eigenvalue weighted by Crippen LogP contribution is -2.44. The highest BCUT2D eigenvalue weighted by Crippen LogP contribution is 2.18. The van der Waals surface area contributed by atoms with Gasteiger partial charge in [-0.05, 0) is 49.9 Å². The molecule has 3 N–H and O–H groups in total. The van der Waals surface area contributed by atoms with Gasteiger partial charge in [0.1, 0.15) is 0 Å². The van der Waals surface area contributed by atoms with Crippen molar-refractivity contribution < 1.29 is 9.59 Å². The van der Waals surface area contributed by atoms with Gasteiger partial charge >= 0.3 is 0 Å². The summed E-state index contributed by atoms with van der Waals surface area (Å²) in [6, 6.07) is 7.68. The fourth-order valence-corrected chi connectivity index (χ4v) is 3.72. The topological polar surface area (TPSA) is 89.1 Å². The second-order valence-electron chi connectivity index (χ2n) is 7.74. The number of guanidine groups is 1. The number of aliphatic imine (C=N–C) groups is 1. The molecule has 0 saturated carbocycles. The van der Waals surface area contributed by atoms with Crippen molar-refractivity contribution in [2.45, 2.75) is 31.7 Å². The van der Waals surface area contributed by atoms with E-state index in [4.69, 9.17) is 0 Å². The van der Waals surface area contributed by atoms with Crippen LogP contribution in [0.1, 0.15) is 35.2 Å². The Hall–Kier alpha value is -1.88. The third-order valence-corrected chi connectivity index (χ3v) is 5.35. The van der Waals surface area contributed by atoms with Crippen LogP contribution in [0.5, 0.6) is 0 Å². The molecule has 9 heteroatoms. The Morgan fingerprint density at radius 3 is 2.65 bits per heavy atom. The van der Waals surface area contributed by atoms with Crippen molar-refractivity contribution in [3.63, 3.8) is 0 Å². The third-order valence-electron chi connectivity index (χ3n) is 5.35. The van der Waals surface area contributed by atoms with Crippen LogP contribution in [0.3, 0.4) is 0 Å². The average Bonchev–Trinajstić information content (AvgIpc) is 3.22. The number of halogens is 1. The monoisotopic (exact) mass is 544 g/mol. The minimum Gasteiger partial charge on any atom is -0.356 e. The first kappa shape index (κ1) is 27.2. The van der Waals surface area contributed by atoms with Crippen LogP contribution in [0.2, 0.25) is 0 Å². The van der Waals surface area contributed by atoms with E-state index in [0.717, 1.165) is 63.4 Å². The SMILES string of the molecule is CN=C(NCCCN1CCCC1C(=O)N(C)C)NCCc1cccc(C(=O)NC)c1.I. The van der Waals surface area contributed by atoms with Gasteiger partial charge in [-0.2, -0.15) is 0 Å². The number of carbonyl (C=O) groups excluding carboxylic acids is 2. The molecule has 1 aliphatic rings. The van der Waals surface area contributed by atoms with Crippen molar-refractivity contribution in [2.24, 2.45) is 4.99 Å². The summed E-state index contributed by atoms with van der Waals surface area (Å²) in [5.41, 5.74) is 1.77. The minimum absolute atomic E-state index is 0. The Kier molecular flexibility index (Phi) is 12.5. The predicted octanol–water partition coefficient (Wildman–Crippen LogP) is 1.31. The first-order valence-electron chi connectivity index (χ1n) is 10.7. The largest absolute Gasteiger partial charge is 0.356 e. The molecule has 1 atom stereocenters. The van der Waals surface area contributed by atoms with Gasteiger partial charge in [0.25, 0.3) is 5.91 Å². The van der Waals surface area contributed by atoms with Gasteiger partial charge in [0.15, 0.2) is 5.96 Å². The molecule has 0 bridgehead atoms. The lowest BCUT2D eigenvalue weighted by Gasteiger charge is -2.26. The Bertz CT molecular complexity index is 740. The first-order valence-corrected chi connectivity index (χ1v) is 10.7. The van der Waals surface area contributed by atoms with E-state index in [9.17, 15) is 9.59 Å². The maximum Gasteiger partial charge on any atom is 0.251 e. The third kappa shape index (κ3) is 8.64. The maximum atomic E-state index is 12.3. The summed E-state index contributed by atoms with van der Waals surface area (Å²) in [5, 5.41) is 9.30. The lowest BCUT2D eigenvalue weighted by atomic mass is 10.1. The second-order valence-corrected chi connectivity index (χ2v) is 7.74. The standard InChI is InChI=1S/C22H36N6O2.HI/c1-23-20(29)18-9-5-8-17(16-18)11-13-26-22(24-2)25-12-7-15-28-14-6-10-19(28)21(30)27(3)4;/h5,8-9,16,19H,6-7,10-15H2,1-4H3,(H,23,29)(H2,24,25,26);1H. The van der Waals surface area contributed by atoms with Crippen molar-refractivity contribution in [3.8, 4) is 0 Å². The molecule has 1 aliphatic heterocycles. The summed E-state index contributed by atoms with van der Waals surface area (Å²) in [4.78, 5) is 32.3. The van der Waals surface area contributed by atoms with E-state index in [-0.39, 0.29) is 41.8 Å². The average molecular weight is 544 g/mol. The molecule has 1 fully saturated rings. The Morgan fingerprint density at radius 2 is 1.97 bits per heavy atom. The Morgan fingerprint density at radius 1 is 1.23 bits per heavy atom. The van der Waals surface area contributed by atoms with Gasteiger partial charge < -0.3 is 20.9 Å². The number of carbonyl (C=O) groups is 2. The summed E-state index contributed by atoms with van der Waals surface area (Å²) in [6.07, 6.45) is 3.79. The highest BCUT2D eigenvalue weighted by molar-refractivity contribution is 14.0. The molecular weight excluding hydrogens is 507 g/mol. The minimum atomic E-state index is -0.0743. The van der Waals surface area contributed by atoms with Gasteiger partial charge in [-0.15, -0.1) is 24.0 Å². The normalized spacial score (nSPS) is 16.4. The molecule has 0 aliphatic carbocycles. The number of benzene rings is 1. The van der Waals surface area contributed by atoms with Crippen LogP contribution in [0.25, 0.3) is 0 Å². The zero-order valence-electron chi connectivity index (χ0n) is 19.1. The Labute approximate surface area is 203 Å². The van der Waals surface area contributed by atoms with Gasteiger partial charge in [-0.1, -0.05) is 12.1 Å². The van der Waals surface area contributed by atoms with Gasteiger partial charge in [-0.3, -0.25) is 19.5 Å². The van der Waals surface area contributed by atoms with Crippen molar-refractivity contribution in [1.29, 1.82) is 0 Å². The molecule has 174 valence electrons. The Balaban J connectivity index is 0.00000480. The molecular formula is C22H37IN6O2. The molecule has 0 spiro atoms. The number of likely N-dealkylation sites (N-methyl/N-ethyl adjacent to an activating group) is 1. The molecule has 1 unspecified atom stereocenters. The second kappa shape index (κ2) is 14.2. The summed E-state index contributed by atoms with van der Waals surface area (Å²) in [7, 11) is 7.04. The number of nitrogens with zero attached hydrogens (tertiary/aromatic N) is 3. The van der Waals surface area contributed by atoms with Crippen LogP contribution in [0.15, 0.2) is 29.3 Å². The summed E-state index contributed by atoms with van der Waals surface area (Å²) >= 11 is 0. The van der Waals surface area contributed by atoms with Crippen LogP contribution >= 0.6 is 24.0 Å². The van der Waals surface area contributed by atoms with Crippen molar-refractivity contribution in [2.75, 3.05) is 54.4 Å². The first-order chi connectivity index (χ1) is 14.5. The van der Waals surface area contributed by atoms with E-state index in [1.165, 1.54) is 0 Å². The fraction of sp³-hybridized carbons (Fsp3) is 0.591. The smallest absolute Gasteiger partial charge is 0.251 e. The van der Waals surface area contributed by atoms with Crippen molar-refractivity contribution in [3.05, 3.63) is 35.4 Å². The van der Waals surface area contributed by atoms with Crippen LogP contribution in [-0.4, -0.2) is 88.0 Å². The number of amides is 2. The zero-order chi connectivity index (χ0) is 21.9. The van der Waals surface area contributed by atoms with E-state index in [0.29, 0.717) is 5.56 Å². The fourth-order valence-electron chi connectivity index (χ4n) is 3.72. The molecule has 31 heavy (non-hydrogen) atoms. The van der Waals surface area contributed by atoms with E-state index in [1.54, 1.807) is 19.0 Å². The molecule has 1 aromatic rings. The summed E-state index contributed by atoms with van der Waals surface area (Å²) in [5.74, 6) is 0.896. The van der Waals surface area contributed by atoms with Gasteiger partial charge in [-0.25, -0.2) is 0 Å². The van der Waals surface area contributed by atoms with Crippen LogP contribution in [0, 0.1) is 0 Å². The molecule has 0 aromatic heterocycles. The number of nitrogens with one attached hydrogen (secondary N) is 3. The lowest BCUT2D eigenvalue weighted by molar-refractivity contribution is -0.133. The molecule has 8 nitrogen and oxygen atoms in total. The van der Waals surface area contributed by atoms with Gasteiger partial charge in [0, 0.05) is 53.4 Å². The van der Waals surface area contributed by atoms with Crippen LogP contribution < -0.4 is 16.0 Å². The zero-order valence-corrected chi connectivity index (χ0v) is 21.4. The molecule has 2 rings (SSSR count). The molecule has 1 aromatic carbocycles. The maximum absolute atomic E-state index is 12.3. The van der Waals surface area contributed by atoms with E-state index in [2.05, 4.69) is 25.8 Å². The van der Waals surface area contributed by atoms with Crippen molar-refractivity contribution in [1.82, 2.24) is 25.8 Å². The summed E-state index contributed by atoms with van der Waals surface area (Å²) in [6.45, 7) is 3.42. The summed E-state index contributed by atoms with van der Waals surface area (Å²) < 4.78 is 0. The molecule has 1 saturated heterocycles. The molecule has 2 amide bonds. The van der Waals surface area contributed by atoms with Gasteiger partial charge in [0.2, 0.25) is 5.91 Å². The quantitative estimate of drug-likeness (QED) is 0.189.